The van der Waals surface area contributed by atoms with Gasteiger partial charge in [-0.25, -0.2) is 4.68 Å². The van der Waals surface area contributed by atoms with Gasteiger partial charge < -0.3 is 15.2 Å². The summed E-state index contributed by atoms with van der Waals surface area (Å²) in [5.41, 5.74) is 7.02. The van der Waals surface area contributed by atoms with E-state index in [4.69, 9.17) is 15.2 Å². The third-order valence-corrected chi connectivity index (χ3v) is 3.86. The Morgan fingerprint density at radius 1 is 1.43 bits per heavy atom. The molecule has 7 nitrogen and oxygen atoms in total. The maximum Gasteiger partial charge on any atom is 0.186 e. The fraction of sp³-hybridized carbons (Fsp3) is 0.500. The second kappa shape index (κ2) is 5.33. The summed E-state index contributed by atoms with van der Waals surface area (Å²) in [6, 6.07) is 5.47. The third kappa shape index (κ3) is 2.44. The summed E-state index contributed by atoms with van der Waals surface area (Å²) in [4.78, 5) is 0. The van der Waals surface area contributed by atoms with Crippen molar-refractivity contribution < 1.29 is 9.47 Å². The lowest BCUT2D eigenvalue weighted by Crippen LogP contribution is -2.40. The second-order valence-electron chi connectivity index (χ2n) is 5.53. The average Bonchev–Trinajstić information content (AvgIpc) is 2.98. The molecule has 1 atom stereocenters. The summed E-state index contributed by atoms with van der Waals surface area (Å²) >= 11 is 0. The highest BCUT2D eigenvalue weighted by molar-refractivity contribution is 5.68. The Morgan fingerprint density at radius 2 is 2.29 bits per heavy atom. The van der Waals surface area contributed by atoms with E-state index in [9.17, 15) is 0 Å². The largest absolute Gasteiger partial charge is 0.496 e. The molecule has 1 unspecified atom stereocenters. The van der Waals surface area contributed by atoms with Gasteiger partial charge in [0.05, 0.1) is 24.8 Å². The minimum absolute atomic E-state index is 0.247. The van der Waals surface area contributed by atoms with Crippen LogP contribution in [0.4, 0.5) is 5.69 Å². The third-order valence-electron chi connectivity index (χ3n) is 3.86. The first-order chi connectivity index (χ1) is 10.1. The van der Waals surface area contributed by atoms with Crippen molar-refractivity contribution in [1.29, 1.82) is 0 Å². The molecule has 1 aliphatic rings. The highest BCUT2D eigenvalue weighted by atomic mass is 16.5. The van der Waals surface area contributed by atoms with Gasteiger partial charge in [0.15, 0.2) is 5.82 Å². The molecule has 21 heavy (non-hydrogen) atoms. The summed E-state index contributed by atoms with van der Waals surface area (Å²) in [6.45, 7) is 3.50. The van der Waals surface area contributed by atoms with E-state index in [2.05, 4.69) is 22.4 Å². The molecular formula is C14H19N5O2. The first-order valence-electron chi connectivity index (χ1n) is 6.94. The molecule has 2 N–H and O–H groups in total. The molecule has 3 rings (SSSR count). The second-order valence-corrected chi connectivity index (χ2v) is 5.53. The highest BCUT2D eigenvalue weighted by Crippen LogP contribution is 2.34. The molecule has 7 heteroatoms. The topological polar surface area (TPSA) is 88.1 Å². The van der Waals surface area contributed by atoms with Gasteiger partial charge in [0.2, 0.25) is 0 Å². The Labute approximate surface area is 123 Å². The molecule has 1 saturated heterocycles. The van der Waals surface area contributed by atoms with Crippen LogP contribution in [0.3, 0.4) is 0 Å². The van der Waals surface area contributed by atoms with Crippen molar-refractivity contribution in [1.82, 2.24) is 20.2 Å². The van der Waals surface area contributed by atoms with E-state index in [1.807, 2.05) is 16.8 Å². The van der Waals surface area contributed by atoms with Crippen LogP contribution in [-0.4, -0.2) is 40.5 Å². The predicted octanol–water partition coefficient (Wildman–Crippen LogP) is 1.46. The summed E-state index contributed by atoms with van der Waals surface area (Å²) in [6.07, 6.45) is 1.97. The normalized spacial score (nSPS) is 22.2. The van der Waals surface area contributed by atoms with Crippen LogP contribution >= 0.6 is 0 Å². The van der Waals surface area contributed by atoms with Crippen LogP contribution in [0.2, 0.25) is 0 Å². The number of methoxy groups -OCH3 is 1. The molecule has 1 aromatic carbocycles. The van der Waals surface area contributed by atoms with E-state index >= 15 is 0 Å². The van der Waals surface area contributed by atoms with Gasteiger partial charge in [0.25, 0.3) is 0 Å². The molecule has 1 fully saturated rings. The minimum Gasteiger partial charge on any atom is -0.496 e. The van der Waals surface area contributed by atoms with Gasteiger partial charge in [-0.05, 0) is 42.3 Å². The summed E-state index contributed by atoms with van der Waals surface area (Å²) < 4.78 is 12.8. The molecule has 0 amide bonds. The van der Waals surface area contributed by atoms with E-state index in [1.54, 1.807) is 13.2 Å². The first kappa shape index (κ1) is 13.8. The number of hydrogen-bond donors (Lipinski definition) is 1. The van der Waals surface area contributed by atoms with Crippen LogP contribution in [-0.2, 0) is 10.3 Å². The van der Waals surface area contributed by atoms with E-state index < -0.39 is 0 Å². The van der Waals surface area contributed by atoms with Gasteiger partial charge in [-0.15, -0.1) is 5.10 Å². The van der Waals surface area contributed by atoms with Crippen LogP contribution in [0.25, 0.3) is 11.4 Å². The molecule has 1 aliphatic heterocycles. The predicted molar refractivity (Wildman–Crippen MR) is 77.9 cm³/mol. The Morgan fingerprint density at radius 3 is 3.00 bits per heavy atom. The number of nitrogens with zero attached hydrogens (tertiary/aromatic N) is 4. The molecule has 112 valence electrons. The average molecular weight is 289 g/mol. The quantitative estimate of drug-likeness (QED) is 0.861. The SMILES string of the molecule is COc1cc(N)ccc1-c1nnnn1C1(C)CCCOC1. The molecule has 1 aromatic heterocycles. The molecular weight excluding hydrogens is 270 g/mol. The molecule has 0 bridgehead atoms. The van der Waals surface area contributed by atoms with E-state index in [0.29, 0.717) is 23.9 Å². The number of nitrogens with two attached hydrogens (primary N) is 1. The van der Waals surface area contributed by atoms with Gasteiger partial charge in [-0.1, -0.05) is 0 Å². The lowest BCUT2D eigenvalue weighted by Gasteiger charge is -2.33. The first-order valence-corrected chi connectivity index (χ1v) is 6.94. The van der Waals surface area contributed by atoms with Crippen LogP contribution in [0.5, 0.6) is 5.75 Å². The van der Waals surface area contributed by atoms with Crippen molar-refractivity contribution in [2.75, 3.05) is 26.1 Å². The lowest BCUT2D eigenvalue weighted by atomic mass is 9.94. The van der Waals surface area contributed by atoms with Crippen molar-refractivity contribution in [3.8, 4) is 17.1 Å². The minimum atomic E-state index is -0.247. The zero-order valence-electron chi connectivity index (χ0n) is 12.2. The van der Waals surface area contributed by atoms with Gasteiger partial charge in [0.1, 0.15) is 5.75 Å². The van der Waals surface area contributed by atoms with Gasteiger partial charge in [-0.2, -0.15) is 0 Å². The Kier molecular flexibility index (Phi) is 3.50. The molecule has 0 aliphatic carbocycles. The number of rotatable bonds is 3. The number of ether oxygens (including phenoxy) is 2. The number of nitrogen functional groups attached to an aromatic ring is 1. The monoisotopic (exact) mass is 289 g/mol. The van der Waals surface area contributed by atoms with Crippen molar-refractivity contribution in [3.05, 3.63) is 18.2 Å². The van der Waals surface area contributed by atoms with Gasteiger partial charge in [0, 0.05) is 18.4 Å². The van der Waals surface area contributed by atoms with Gasteiger partial charge >= 0.3 is 0 Å². The number of aromatic nitrogens is 4. The molecule has 0 radical (unpaired) electrons. The number of anilines is 1. The Bertz CT molecular complexity index is 634. The van der Waals surface area contributed by atoms with Crippen molar-refractivity contribution in [3.63, 3.8) is 0 Å². The molecule has 0 spiro atoms. The Hall–Kier alpha value is -2.15. The summed E-state index contributed by atoms with van der Waals surface area (Å²) in [7, 11) is 1.61. The van der Waals surface area contributed by atoms with Crippen molar-refractivity contribution >= 4 is 5.69 Å². The van der Waals surface area contributed by atoms with E-state index in [-0.39, 0.29) is 5.54 Å². The van der Waals surface area contributed by atoms with Crippen LogP contribution < -0.4 is 10.5 Å². The maximum atomic E-state index is 5.80. The standard InChI is InChI=1S/C14H19N5O2/c1-14(6-3-7-21-9-14)19-13(16-17-18-19)11-5-4-10(15)8-12(11)20-2/h4-5,8H,3,6-7,9,15H2,1-2H3. The molecule has 2 heterocycles. The zero-order chi connectivity index (χ0) is 14.9. The zero-order valence-corrected chi connectivity index (χ0v) is 12.2. The number of hydrogen-bond acceptors (Lipinski definition) is 6. The van der Waals surface area contributed by atoms with Gasteiger partial charge in [-0.3, -0.25) is 0 Å². The summed E-state index contributed by atoms with van der Waals surface area (Å²) in [5, 5.41) is 12.2. The fourth-order valence-electron chi connectivity index (χ4n) is 2.70. The van der Waals surface area contributed by atoms with E-state index in [0.717, 1.165) is 25.0 Å². The molecule has 0 saturated carbocycles. The lowest BCUT2D eigenvalue weighted by molar-refractivity contribution is 0.00346. The van der Waals surface area contributed by atoms with Crippen LogP contribution in [0, 0.1) is 0 Å². The fourth-order valence-corrected chi connectivity index (χ4v) is 2.70. The smallest absolute Gasteiger partial charge is 0.186 e. The number of benzene rings is 1. The van der Waals surface area contributed by atoms with Crippen LogP contribution in [0.1, 0.15) is 19.8 Å². The van der Waals surface area contributed by atoms with Crippen LogP contribution in [0.15, 0.2) is 18.2 Å². The highest BCUT2D eigenvalue weighted by Gasteiger charge is 2.34. The van der Waals surface area contributed by atoms with E-state index in [1.165, 1.54) is 0 Å². The molecule has 2 aromatic rings. The maximum absolute atomic E-state index is 5.80. The van der Waals surface area contributed by atoms with Crippen molar-refractivity contribution in [2.45, 2.75) is 25.3 Å². The summed E-state index contributed by atoms with van der Waals surface area (Å²) in [5.74, 6) is 1.33. The van der Waals surface area contributed by atoms with Crippen molar-refractivity contribution in [2.24, 2.45) is 0 Å². The number of tetrazole rings is 1. The Balaban J connectivity index is 2.07.